The minimum absolute atomic E-state index is 0.672. The van der Waals surface area contributed by atoms with E-state index in [-0.39, 0.29) is 0 Å². The highest BCUT2D eigenvalue weighted by molar-refractivity contribution is 6.20. The monoisotopic (exact) mass is 892 g/mol. The molecule has 0 atom stereocenters. The Morgan fingerprint density at radius 3 is 1.76 bits per heavy atom. The molecule has 0 radical (unpaired) electrons. The van der Waals surface area contributed by atoms with E-state index in [1.165, 1.54) is 27.2 Å². The van der Waals surface area contributed by atoms with Gasteiger partial charge in [0, 0.05) is 65.8 Å². The molecule has 0 aliphatic rings. The maximum atomic E-state index is 6.45. The van der Waals surface area contributed by atoms with Crippen molar-refractivity contribution in [1.82, 2.24) is 19.5 Å². The molecule has 10 aromatic carbocycles. The number of pyridine rings is 1. The number of benzene rings is 10. The van der Waals surface area contributed by atoms with Crippen LogP contribution in [-0.2, 0) is 0 Å². The van der Waals surface area contributed by atoms with Gasteiger partial charge in [0.2, 0.25) is 0 Å². The first-order chi connectivity index (χ1) is 34.7. The summed E-state index contributed by atoms with van der Waals surface area (Å²) < 4.78 is 8.84. The fourth-order valence-corrected chi connectivity index (χ4v) is 10.4. The first-order valence-corrected chi connectivity index (χ1v) is 23.7. The normalized spacial score (nSPS) is 11.7. The molecule has 4 heterocycles. The summed E-state index contributed by atoms with van der Waals surface area (Å²) in [4.78, 5) is 15.8. The highest BCUT2D eigenvalue weighted by Gasteiger charge is 2.19. The van der Waals surface area contributed by atoms with Crippen LogP contribution in [-0.4, -0.2) is 19.5 Å². The summed E-state index contributed by atoms with van der Waals surface area (Å²) in [5.74, 6) is 0.672. The fourth-order valence-electron chi connectivity index (χ4n) is 10.4. The third-order valence-corrected chi connectivity index (χ3v) is 13.8. The summed E-state index contributed by atoms with van der Waals surface area (Å²) in [5, 5.41) is 8.06. The zero-order chi connectivity index (χ0) is 46.1. The summed E-state index contributed by atoms with van der Waals surface area (Å²) in [6.07, 6.45) is 0. The number of rotatable bonds is 7. The summed E-state index contributed by atoms with van der Waals surface area (Å²) in [5.41, 5.74) is 17.2. The van der Waals surface area contributed by atoms with Gasteiger partial charge in [0.05, 0.1) is 33.6 Å². The van der Waals surface area contributed by atoms with E-state index in [1.807, 2.05) is 30.3 Å². The summed E-state index contributed by atoms with van der Waals surface area (Å²) in [6, 6.07) is 85.6. The van der Waals surface area contributed by atoms with E-state index in [9.17, 15) is 0 Å². The highest BCUT2D eigenvalue weighted by atomic mass is 16.3. The minimum Gasteiger partial charge on any atom is -0.455 e. The van der Waals surface area contributed by atoms with Crippen LogP contribution in [0.15, 0.2) is 247 Å². The van der Waals surface area contributed by atoms with Crippen LogP contribution in [0.4, 0.5) is 0 Å². The lowest BCUT2D eigenvalue weighted by Gasteiger charge is -2.14. The average molecular weight is 893 g/mol. The molecule has 326 valence electrons. The van der Waals surface area contributed by atoms with Crippen molar-refractivity contribution in [3.8, 4) is 73.1 Å². The number of hydrogen-bond donors (Lipinski definition) is 0. The fraction of sp³-hybridized carbons (Fsp3) is 0. The predicted octanol–water partition coefficient (Wildman–Crippen LogP) is 17.2. The molecule has 0 bridgehead atoms. The van der Waals surface area contributed by atoms with Gasteiger partial charge < -0.3 is 8.98 Å². The Morgan fingerprint density at radius 1 is 0.314 bits per heavy atom. The van der Waals surface area contributed by atoms with Gasteiger partial charge >= 0.3 is 0 Å². The number of para-hydroxylation sites is 4. The van der Waals surface area contributed by atoms with Gasteiger partial charge in [0.25, 0.3) is 0 Å². The van der Waals surface area contributed by atoms with Crippen molar-refractivity contribution in [3.63, 3.8) is 0 Å². The molecular formula is C65H40N4O. The third kappa shape index (κ3) is 6.59. The number of furan rings is 1. The second-order valence-electron chi connectivity index (χ2n) is 17.9. The van der Waals surface area contributed by atoms with E-state index in [4.69, 9.17) is 19.4 Å². The lowest BCUT2D eigenvalue weighted by Crippen LogP contribution is -1.96. The zero-order valence-corrected chi connectivity index (χ0v) is 37.8. The first-order valence-electron chi connectivity index (χ1n) is 23.7. The van der Waals surface area contributed by atoms with Crippen LogP contribution in [0.25, 0.3) is 139 Å². The summed E-state index contributed by atoms with van der Waals surface area (Å²) in [7, 11) is 0. The molecule has 5 nitrogen and oxygen atoms in total. The predicted molar refractivity (Wildman–Crippen MR) is 289 cm³/mol. The largest absolute Gasteiger partial charge is 0.455 e. The zero-order valence-electron chi connectivity index (χ0n) is 37.8. The second-order valence-corrected chi connectivity index (χ2v) is 17.9. The SMILES string of the molecule is c1ccc(-c2nc(-c3ccc(-c4ccc5c(c4)nc(-c4ccccc4)c4cc6c7ccccc7n(-c7ccccc7)c6cc45)cc3)cc(-c3cccc(-c4cccc5c4oc4ccccc45)c3)n2)cc1. The lowest BCUT2D eigenvalue weighted by molar-refractivity contribution is 0.670. The van der Waals surface area contributed by atoms with E-state index >= 15 is 0 Å². The summed E-state index contributed by atoms with van der Waals surface area (Å²) >= 11 is 0. The quantitative estimate of drug-likeness (QED) is 0.150. The van der Waals surface area contributed by atoms with Gasteiger partial charge in [-0.1, -0.05) is 188 Å². The topological polar surface area (TPSA) is 56.7 Å². The highest BCUT2D eigenvalue weighted by Crippen LogP contribution is 2.42. The second kappa shape index (κ2) is 16.1. The van der Waals surface area contributed by atoms with Crippen molar-refractivity contribution in [3.05, 3.63) is 243 Å². The van der Waals surface area contributed by atoms with Crippen LogP contribution in [0.5, 0.6) is 0 Å². The average Bonchev–Trinajstić information content (AvgIpc) is 3.98. The molecule has 0 saturated heterocycles. The van der Waals surface area contributed by atoms with Crippen molar-refractivity contribution in [2.45, 2.75) is 0 Å². The van der Waals surface area contributed by atoms with E-state index in [0.717, 1.165) is 106 Å². The molecule has 70 heavy (non-hydrogen) atoms. The minimum atomic E-state index is 0.672. The standard InChI is InChI=1S/C65H40N4O/c1-4-16-43(17-5-1)63-56-38-55-51-24-10-12-28-60(51)69(48-22-8-3-9-23-48)61(55)39-54(56)50-35-34-45(37-59(50)66-63)41-30-32-42(33-31-41)57-40-58(68-65(67-57)44-18-6-2-7-19-44)47-21-14-20-46(36-47)49-26-15-27-53-52-25-11-13-29-62(52)70-64(49)53/h1-40H. The van der Waals surface area contributed by atoms with Gasteiger partial charge in [-0.15, -0.1) is 0 Å². The maximum absolute atomic E-state index is 6.45. The van der Waals surface area contributed by atoms with Gasteiger partial charge in [-0.2, -0.15) is 0 Å². The molecule has 14 rings (SSSR count). The number of fused-ring (bicyclic) bond motifs is 9. The van der Waals surface area contributed by atoms with Gasteiger partial charge in [0.15, 0.2) is 5.82 Å². The van der Waals surface area contributed by atoms with E-state index in [0.29, 0.717) is 5.82 Å². The molecule has 0 fully saturated rings. The van der Waals surface area contributed by atoms with Crippen LogP contribution in [0.3, 0.4) is 0 Å². The van der Waals surface area contributed by atoms with Crippen molar-refractivity contribution in [2.24, 2.45) is 0 Å². The molecule has 0 aliphatic heterocycles. The molecule has 14 aromatic rings. The molecule has 4 aromatic heterocycles. The smallest absolute Gasteiger partial charge is 0.160 e. The van der Waals surface area contributed by atoms with Crippen LogP contribution in [0.1, 0.15) is 0 Å². The van der Waals surface area contributed by atoms with Crippen LogP contribution in [0, 0.1) is 0 Å². The number of aromatic nitrogens is 4. The van der Waals surface area contributed by atoms with Crippen LogP contribution in [0.2, 0.25) is 0 Å². The Balaban J connectivity index is 0.875. The van der Waals surface area contributed by atoms with Crippen LogP contribution < -0.4 is 0 Å². The van der Waals surface area contributed by atoms with Crippen molar-refractivity contribution in [2.75, 3.05) is 0 Å². The summed E-state index contributed by atoms with van der Waals surface area (Å²) in [6.45, 7) is 0. The van der Waals surface area contributed by atoms with Crippen molar-refractivity contribution in [1.29, 1.82) is 0 Å². The molecule has 0 N–H and O–H groups in total. The first kappa shape index (κ1) is 39.7. The number of hydrogen-bond acceptors (Lipinski definition) is 4. The Morgan fingerprint density at radius 2 is 0.943 bits per heavy atom. The van der Waals surface area contributed by atoms with E-state index in [1.54, 1.807) is 0 Å². The lowest BCUT2D eigenvalue weighted by atomic mass is 9.95. The van der Waals surface area contributed by atoms with E-state index in [2.05, 4.69) is 217 Å². The Kier molecular flexibility index (Phi) is 9.14. The molecule has 0 saturated carbocycles. The van der Waals surface area contributed by atoms with Gasteiger partial charge in [-0.05, 0) is 76.7 Å². The molecule has 0 aliphatic carbocycles. The molecular weight excluding hydrogens is 853 g/mol. The van der Waals surface area contributed by atoms with E-state index < -0.39 is 0 Å². The van der Waals surface area contributed by atoms with Crippen molar-refractivity contribution >= 4 is 65.4 Å². The van der Waals surface area contributed by atoms with Gasteiger partial charge in [0.1, 0.15) is 11.2 Å². The number of nitrogens with zero attached hydrogens (tertiary/aromatic N) is 4. The Bertz CT molecular complexity index is 4330. The molecule has 5 heteroatoms. The van der Waals surface area contributed by atoms with Crippen LogP contribution >= 0.6 is 0 Å². The Hall–Kier alpha value is -9.45. The van der Waals surface area contributed by atoms with Gasteiger partial charge in [-0.3, -0.25) is 0 Å². The third-order valence-electron chi connectivity index (χ3n) is 13.8. The Labute approximate surface area is 403 Å². The molecule has 0 spiro atoms. The molecule has 0 amide bonds. The maximum Gasteiger partial charge on any atom is 0.160 e. The van der Waals surface area contributed by atoms with Gasteiger partial charge in [-0.25, -0.2) is 15.0 Å². The van der Waals surface area contributed by atoms with Crippen molar-refractivity contribution < 1.29 is 4.42 Å². The molecule has 0 unspecified atom stereocenters.